The molecule has 144 valence electrons. The number of primary amides is 1. The molecule has 3 N–H and O–H groups in total. The number of H-pyrrole nitrogens is 1. The molecule has 0 aliphatic heterocycles. The quantitative estimate of drug-likeness (QED) is 0.613. The highest BCUT2D eigenvalue weighted by Crippen LogP contribution is 2.25. The summed E-state index contributed by atoms with van der Waals surface area (Å²) in [6, 6.07) is 11.2. The molecule has 1 heterocycles. The number of methoxy groups -OCH3 is 1. The molecule has 1 aromatic heterocycles. The number of amides is 1. The van der Waals surface area contributed by atoms with Crippen molar-refractivity contribution in [3.05, 3.63) is 74.9 Å². The van der Waals surface area contributed by atoms with Crippen molar-refractivity contribution in [1.82, 2.24) is 10.2 Å². The molecule has 2 aromatic carbocycles. The Morgan fingerprint density at radius 1 is 1.29 bits per heavy atom. The van der Waals surface area contributed by atoms with E-state index >= 15 is 0 Å². The Morgan fingerprint density at radius 2 is 2.07 bits per heavy atom. The summed E-state index contributed by atoms with van der Waals surface area (Å²) >= 11 is 6.04. The smallest absolute Gasteiger partial charge is 0.254 e. The molecule has 0 saturated carbocycles. The number of benzene rings is 2. The zero-order valence-electron chi connectivity index (χ0n) is 15.9. The molecule has 0 bridgehead atoms. The van der Waals surface area contributed by atoms with Gasteiger partial charge in [0.2, 0.25) is 0 Å². The average molecular weight is 397 g/mol. The van der Waals surface area contributed by atoms with Gasteiger partial charge in [-0.05, 0) is 60.4 Å². The summed E-state index contributed by atoms with van der Waals surface area (Å²) in [5, 5.41) is 7.68. The molecule has 0 fully saturated rings. The Labute approximate surface area is 168 Å². The van der Waals surface area contributed by atoms with Crippen LogP contribution in [0.4, 0.5) is 5.82 Å². The maximum atomic E-state index is 12.0. The lowest BCUT2D eigenvalue weighted by atomic mass is 10.0. The van der Waals surface area contributed by atoms with Gasteiger partial charge in [0.25, 0.3) is 5.91 Å². The van der Waals surface area contributed by atoms with E-state index < -0.39 is 5.91 Å². The number of carbonyl (C=O) groups is 1. The van der Waals surface area contributed by atoms with Crippen LogP contribution < -0.4 is 10.5 Å². The molecule has 6 nitrogen and oxygen atoms in total. The highest BCUT2D eigenvalue weighted by Gasteiger charge is 2.18. The standard InChI is InChI=1S/C21H21ClN4O2/c1-12-13(2)18(28-3)8-7-15(12)11-24-21-19(20(23)27)17(25-26-21)10-14-5-4-6-16(22)9-14/h4-9,11H,10H2,1-3H3,(H2,23,27)(H,25,26). The first-order valence-corrected chi connectivity index (χ1v) is 9.08. The van der Waals surface area contributed by atoms with Crippen LogP contribution in [0.25, 0.3) is 0 Å². The van der Waals surface area contributed by atoms with Crippen LogP contribution in [0.2, 0.25) is 5.02 Å². The van der Waals surface area contributed by atoms with Crippen LogP contribution in [0, 0.1) is 13.8 Å². The van der Waals surface area contributed by atoms with Gasteiger partial charge in [-0.25, -0.2) is 4.99 Å². The molecule has 0 saturated heterocycles. The highest BCUT2D eigenvalue weighted by atomic mass is 35.5. The van der Waals surface area contributed by atoms with Crippen LogP contribution in [-0.4, -0.2) is 29.4 Å². The molecule has 0 unspecified atom stereocenters. The van der Waals surface area contributed by atoms with Gasteiger partial charge in [0.1, 0.15) is 11.3 Å². The Morgan fingerprint density at radius 3 is 2.75 bits per heavy atom. The number of aliphatic imine (C=N–C) groups is 1. The number of rotatable bonds is 6. The molecule has 1 amide bonds. The van der Waals surface area contributed by atoms with Crippen LogP contribution in [0.5, 0.6) is 5.75 Å². The van der Waals surface area contributed by atoms with Crippen molar-refractivity contribution >= 4 is 29.5 Å². The third kappa shape index (κ3) is 4.07. The van der Waals surface area contributed by atoms with E-state index in [9.17, 15) is 4.79 Å². The van der Waals surface area contributed by atoms with E-state index in [0.29, 0.717) is 17.1 Å². The highest BCUT2D eigenvalue weighted by molar-refractivity contribution is 6.30. The third-order valence-electron chi connectivity index (χ3n) is 4.66. The summed E-state index contributed by atoms with van der Waals surface area (Å²) in [7, 11) is 1.64. The van der Waals surface area contributed by atoms with Gasteiger partial charge in [-0.15, -0.1) is 0 Å². The second-order valence-corrected chi connectivity index (χ2v) is 6.87. The number of halogens is 1. The van der Waals surface area contributed by atoms with Crippen molar-refractivity contribution in [2.24, 2.45) is 10.7 Å². The predicted molar refractivity (Wildman–Crippen MR) is 111 cm³/mol. The second-order valence-electron chi connectivity index (χ2n) is 6.44. The third-order valence-corrected chi connectivity index (χ3v) is 4.90. The summed E-state index contributed by atoms with van der Waals surface area (Å²) in [4.78, 5) is 16.4. The van der Waals surface area contributed by atoms with Crippen LogP contribution in [0.15, 0.2) is 41.4 Å². The second kappa shape index (κ2) is 8.27. The van der Waals surface area contributed by atoms with Crippen molar-refractivity contribution < 1.29 is 9.53 Å². The normalized spacial score (nSPS) is 11.1. The molecule has 3 rings (SSSR count). The molecule has 7 heteroatoms. The van der Waals surface area contributed by atoms with Crippen molar-refractivity contribution in [3.8, 4) is 5.75 Å². The number of nitrogens with two attached hydrogens (primary N) is 1. The molecule has 0 radical (unpaired) electrons. The molecule has 28 heavy (non-hydrogen) atoms. The predicted octanol–water partition coefficient (Wildman–Crippen LogP) is 4.13. The van der Waals surface area contributed by atoms with E-state index in [1.165, 1.54) is 0 Å². The number of aromatic amines is 1. The van der Waals surface area contributed by atoms with Gasteiger partial charge in [-0.3, -0.25) is 9.89 Å². The molecule has 0 atom stereocenters. The van der Waals surface area contributed by atoms with Gasteiger partial charge >= 0.3 is 0 Å². The lowest BCUT2D eigenvalue weighted by Crippen LogP contribution is -2.13. The molecule has 0 aliphatic rings. The van der Waals surface area contributed by atoms with Crippen LogP contribution in [0.3, 0.4) is 0 Å². The van der Waals surface area contributed by atoms with E-state index in [1.54, 1.807) is 19.4 Å². The fraction of sp³-hybridized carbons (Fsp3) is 0.190. The van der Waals surface area contributed by atoms with Gasteiger partial charge in [0, 0.05) is 17.7 Å². The summed E-state index contributed by atoms with van der Waals surface area (Å²) in [5.74, 6) is 0.494. The zero-order chi connectivity index (χ0) is 20.3. The fourth-order valence-electron chi connectivity index (χ4n) is 3.01. The lowest BCUT2D eigenvalue weighted by Gasteiger charge is -2.09. The monoisotopic (exact) mass is 396 g/mol. The number of nitrogens with zero attached hydrogens (tertiary/aromatic N) is 2. The Hall–Kier alpha value is -3.12. The Balaban J connectivity index is 1.93. The number of aromatic nitrogens is 2. The van der Waals surface area contributed by atoms with E-state index in [1.807, 2.05) is 44.2 Å². The maximum Gasteiger partial charge on any atom is 0.254 e. The summed E-state index contributed by atoms with van der Waals surface area (Å²) in [6.45, 7) is 3.97. The molecule has 3 aromatic rings. The van der Waals surface area contributed by atoms with Gasteiger partial charge in [0.05, 0.1) is 12.8 Å². The van der Waals surface area contributed by atoms with E-state index in [-0.39, 0.29) is 11.4 Å². The maximum absolute atomic E-state index is 12.0. The minimum atomic E-state index is -0.583. The van der Waals surface area contributed by atoms with Crippen molar-refractivity contribution in [3.63, 3.8) is 0 Å². The number of hydrogen-bond acceptors (Lipinski definition) is 4. The Kier molecular flexibility index (Phi) is 5.80. The van der Waals surface area contributed by atoms with Crippen molar-refractivity contribution in [2.75, 3.05) is 7.11 Å². The van der Waals surface area contributed by atoms with Gasteiger partial charge in [-0.2, -0.15) is 5.10 Å². The van der Waals surface area contributed by atoms with Gasteiger partial charge in [-0.1, -0.05) is 23.7 Å². The first-order valence-electron chi connectivity index (χ1n) is 8.70. The Bertz CT molecular complexity index is 1060. The van der Waals surface area contributed by atoms with Gasteiger partial charge in [0.15, 0.2) is 5.82 Å². The summed E-state index contributed by atoms with van der Waals surface area (Å²) in [6.07, 6.45) is 2.12. The first kappa shape index (κ1) is 19.6. The molecule has 0 spiro atoms. The van der Waals surface area contributed by atoms with E-state index in [4.69, 9.17) is 22.1 Å². The molecular weight excluding hydrogens is 376 g/mol. The topological polar surface area (TPSA) is 93.4 Å². The number of hydrogen-bond donors (Lipinski definition) is 2. The zero-order valence-corrected chi connectivity index (χ0v) is 16.7. The lowest BCUT2D eigenvalue weighted by molar-refractivity contribution is 0.100. The largest absolute Gasteiger partial charge is 0.496 e. The minimum Gasteiger partial charge on any atom is -0.496 e. The van der Waals surface area contributed by atoms with Gasteiger partial charge < -0.3 is 10.5 Å². The minimum absolute atomic E-state index is 0.261. The summed E-state index contributed by atoms with van der Waals surface area (Å²) in [5.41, 5.74) is 10.4. The van der Waals surface area contributed by atoms with Crippen LogP contribution in [-0.2, 0) is 6.42 Å². The fourth-order valence-corrected chi connectivity index (χ4v) is 3.22. The first-order chi connectivity index (χ1) is 13.4. The van der Waals surface area contributed by atoms with E-state index in [0.717, 1.165) is 28.0 Å². The number of nitrogens with one attached hydrogen (secondary N) is 1. The van der Waals surface area contributed by atoms with Crippen LogP contribution in [0.1, 0.15) is 38.3 Å². The average Bonchev–Trinajstić information content (AvgIpc) is 3.05. The molecular formula is C21H21ClN4O2. The number of carbonyl (C=O) groups excluding carboxylic acids is 1. The van der Waals surface area contributed by atoms with E-state index in [2.05, 4.69) is 15.2 Å². The van der Waals surface area contributed by atoms with Crippen molar-refractivity contribution in [1.29, 1.82) is 0 Å². The van der Waals surface area contributed by atoms with Crippen molar-refractivity contribution in [2.45, 2.75) is 20.3 Å². The summed E-state index contributed by atoms with van der Waals surface area (Å²) < 4.78 is 5.33. The number of ether oxygens (including phenoxy) is 1. The SMILES string of the molecule is COc1ccc(C=Nc2n[nH]c(Cc3cccc(Cl)c3)c2C(N)=O)c(C)c1C. The van der Waals surface area contributed by atoms with Crippen LogP contribution >= 0.6 is 11.6 Å². The molecule has 0 aliphatic carbocycles.